The molecule has 0 bridgehead atoms. The van der Waals surface area contributed by atoms with E-state index in [-0.39, 0.29) is 12.3 Å². The van der Waals surface area contributed by atoms with Crippen LogP contribution >= 0.6 is 27.5 Å². The van der Waals surface area contributed by atoms with Gasteiger partial charge in [0.2, 0.25) is 0 Å². The van der Waals surface area contributed by atoms with Crippen LogP contribution < -0.4 is 10.6 Å². The Kier molecular flexibility index (Phi) is 6.29. The number of hydrogen-bond donors (Lipinski definition) is 3. The van der Waals surface area contributed by atoms with Gasteiger partial charge in [-0.3, -0.25) is 4.79 Å². The third kappa shape index (κ3) is 5.02. The van der Waals surface area contributed by atoms with Gasteiger partial charge in [-0.2, -0.15) is 0 Å². The summed E-state index contributed by atoms with van der Waals surface area (Å²) >= 11 is 9.20. The van der Waals surface area contributed by atoms with E-state index < -0.39 is 18.0 Å². The van der Waals surface area contributed by atoms with Gasteiger partial charge < -0.3 is 15.7 Å². The lowest BCUT2D eigenvalue weighted by atomic mass is 10.0. The van der Waals surface area contributed by atoms with Crippen molar-refractivity contribution in [3.8, 4) is 0 Å². The highest BCUT2D eigenvalue weighted by molar-refractivity contribution is 9.10. The van der Waals surface area contributed by atoms with Crippen LogP contribution in [0.3, 0.4) is 0 Å². The number of nitrogens with one attached hydrogen (secondary N) is 2. The van der Waals surface area contributed by atoms with Gasteiger partial charge in [-0.15, -0.1) is 0 Å². The highest BCUT2D eigenvalue weighted by Gasteiger charge is 2.19. The minimum absolute atomic E-state index is 0.0136. The van der Waals surface area contributed by atoms with Crippen molar-refractivity contribution in [2.45, 2.75) is 26.3 Å². The largest absolute Gasteiger partial charge is 0.481 e. The number of amides is 2. The monoisotopic (exact) mass is 362 g/mol. The van der Waals surface area contributed by atoms with Gasteiger partial charge in [0.15, 0.2) is 0 Å². The van der Waals surface area contributed by atoms with Crippen molar-refractivity contribution in [1.29, 1.82) is 0 Å². The average Bonchev–Trinajstić information content (AvgIpc) is 2.33. The minimum Gasteiger partial charge on any atom is -0.481 e. The van der Waals surface area contributed by atoms with Crippen LogP contribution in [0.15, 0.2) is 22.7 Å². The summed E-state index contributed by atoms with van der Waals surface area (Å²) < 4.78 is 0.580. The number of hydrogen-bond acceptors (Lipinski definition) is 2. The fourth-order valence-electron chi connectivity index (χ4n) is 1.57. The molecule has 0 radical (unpaired) electrons. The predicted octanol–water partition coefficient (Wildman–Crippen LogP) is 3.72. The first kappa shape index (κ1) is 16.8. The first-order valence-electron chi connectivity index (χ1n) is 6.04. The van der Waals surface area contributed by atoms with E-state index in [9.17, 15) is 9.59 Å². The maximum atomic E-state index is 11.9. The van der Waals surface area contributed by atoms with E-state index in [0.29, 0.717) is 15.2 Å². The first-order chi connectivity index (χ1) is 9.31. The molecule has 0 fully saturated rings. The summed E-state index contributed by atoms with van der Waals surface area (Å²) in [5.74, 6) is -0.937. The molecule has 2 amide bonds. The van der Waals surface area contributed by atoms with Crippen LogP contribution in [0, 0.1) is 5.92 Å². The lowest BCUT2D eigenvalue weighted by Gasteiger charge is -2.21. The molecule has 1 atom stereocenters. The lowest BCUT2D eigenvalue weighted by Crippen LogP contribution is -2.42. The Morgan fingerprint density at radius 1 is 1.40 bits per heavy atom. The summed E-state index contributed by atoms with van der Waals surface area (Å²) in [7, 11) is 0. The smallest absolute Gasteiger partial charge is 0.319 e. The summed E-state index contributed by atoms with van der Waals surface area (Å²) in [6.07, 6.45) is -0.123. The molecule has 7 heteroatoms. The summed E-state index contributed by atoms with van der Waals surface area (Å²) in [6, 6.07) is 4.19. The first-order valence-corrected chi connectivity index (χ1v) is 7.21. The molecule has 3 N–H and O–H groups in total. The summed E-state index contributed by atoms with van der Waals surface area (Å²) in [5, 5.41) is 14.6. The molecule has 20 heavy (non-hydrogen) atoms. The topological polar surface area (TPSA) is 78.4 Å². The third-order valence-electron chi connectivity index (χ3n) is 2.72. The minimum atomic E-state index is -0.951. The quantitative estimate of drug-likeness (QED) is 0.746. The van der Waals surface area contributed by atoms with Gasteiger partial charge >= 0.3 is 12.0 Å². The Hall–Kier alpha value is -1.27. The number of urea groups is 1. The van der Waals surface area contributed by atoms with Crippen molar-refractivity contribution in [1.82, 2.24) is 5.32 Å². The molecular weight excluding hydrogens is 348 g/mol. The summed E-state index contributed by atoms with van der Waals surface area (Å²) in [4.78, 5) is 22.6. The van der Waals surface area contributed by atoms with Gasteiger partial charge in [-0.1, -0.05) is 31.5 Å². The van der Waals surface area contributed by atoms with Crippen LogP contribution in [0.2, 0.25) is 5.02 Å². The van der Waals surface area contributed by atoms with Gasteiger partial charge in [-0.05, 0) is 34.0 Å². The van der Waals surface area contributed by atoms with Gasteiger partial charge in [0.05, 0.1) is 21.6 Å². The predicted molar refractivity (Wildman–Crippen MR) is 82.2 cm³/mol. The fraction of sp³-hybridized carbons (Fsp3) is 0.385. The molecule has 110 valence electrons. The molecule has 0 spiro atoms. The molecule has 5 nitrogen and oxygen atoms in total. The molecule has 0 aliphatic rings. The zero-order chi connectivity index (χ0) is 15.3. The SMILES string of the molecule is CC(C)C(CC(=O)O)NC(=O)Nc1cccc(Cl)c1Br. The number of carboxylic acid groups (broad SMARTS) is 1. The number of benzene rings is 1. The van der Waals surface area contributed by atoms with Gasteiger partial charge in [-0.25, -0.2) is 4.79 Å². The Morgan fingerprint density at radius 2 is 2.05 bits per heavy atom. The van der Waals surface area contributed by atoms with E-state index in [2.05, 4.69) is 26.6 Å². The van der Waals surface area contributed by atoms with Crippen LogP contribution in [0.5, 0.6) is 0 Å². The molecule has 1 rings (SSSR count). The number of carboxylic acids is 1. The number of aliphatic carboxylic acids is 1. The number of halogens is 2. The summed E-state index contributed by atoms with van der Waals surface area (Å²) in [6.45, 7) is 3.70. The summed E-state index contributed by atoms with van der Waals surface area (Å²) in [5.41, 5.74) is 0.521. The van der Waals surface area contributed by atoms with E-state index in [1.54, 1.807) is 18.2 Å². The average molecular weight is 364 g/mol. The molecular formula is C13H16BrClN2O3. The number of anilines is 1. The molecule has 0 heterocycles. The lowest BCUT2D eigenvalue weighted by molar-refractivity contribution is -0.137. The molecule has 1 aromatic rings. The van der Waals surface area contributed by atoms with Crippen molar-refractivity contribution < 1.29 is 14.7 Å². The Labute approximate surface area is 130 Å². The number of carbonyl (C=O) groups excluding carboxylic acids is 1. The normalized spacial score (nSPS) is 12.1. The number of rotatable bonds is 5. The van der Waals surface area contributed by atoms with Crippen LogP contribution in [0.1, 0.15) is 20.3 Å². The highest BCUT2D eigenvalue weighted by Crippen LogP contribution is 2.29. The molecule has 0 aliphatic carbocycles. The third-order valence-corrected chi connectivity index (χ3v) is 4.11. The van der Waals surface area contributed by atoms with Gasteiger partial charge in [0.25, 0.3) is 0 Å². The fourth-order valence-corrected chi connectivity index (χ4v) is 2.11. The van der Waals surface area contributed by atoms with Crippen LogP contribution in [0.25, 0.3) is 0 Å². The standard InChI is InChI=1S/C13H16BrClN2O3/c1-7(2)10(6-11(18)19)17-13(20)16-9-5-3-4-8(15)12(9)14/h3-5,7,10H,6H2,1-2H3,(H,18,19)(H2,16,17,20). The van der Waals surface area contributed by atoms with Crippen LogP contribution in [-0.2, 0) is 4.79 Å². The second kappa shape index (κ2) is 7.50. The molecule has 0 saturated heterocycles. The zero-order valence-electron chi connectivity index (χ0n) is 11.1. The van der Waals surface area contributed by atoms with Gasteiger partial charge in [0, 0.05) is 6.04 Å². The van der Waals surface area contributed by atoms with E-state index in [4.69, 9.17) is 16.7 Å². The maximum Gasteiger partial charge on any atom is 0.319 e. The molecule has 1 unspecified atom stereocenters. The molecule has 0 aromatic heterocycles. The Bertz CT molecular complexity index is 508. The Balaban J connectivity index is 2.70. The Morgan fingerprint density at radius 3 is 2.60 bits per heavy atom. The molecule has 0 aliphatic heterocycles. The maximum absolute atomic E-state index is 11.9. The van der Waals surface area contributed by atoms with E-state index >= 15 is 0 Å². The van der Waals surface area contributed by atoms with Crippen molar-refractivity contribution in [3.05, 3.63) is 27.7 Å². The van der Waals surface area contributed by atoms with Crippen molar-refractivity contribution in [3.63, 3.8) is 0 Å². The molecule has 1 aromatic carbocycles. The number of carbonyl (C=O) groups is 2. The molecule has 0 saturated carbocycles. The second-order valence-corrected chi connectivity index (χ2v) is 5.85. The van der Waals surface area contributed by atoms with E-state index in [1.165, 1.54) is 0 Å². The zero-order valence-corrected chi connectivity index (χ0v) is 13.5. The van der Waals surface area contributed by atoms with E-state index in [0.717, 1.165) is 0 Å². The van der Waals surface area contributed by atoms with Crippen molar-refractivity contribution >= 4 is 45.2 Å². The highest BCUT2D eigenvalue weighted by atomic mass is 79.9. The second-order valence-electron chi connectivity index (χ2n) is 4.65. The van der Waals surface area contributed by atoms with Gasteiger partial charge in [0.1, 0.15) is 0 Å². The van der Waals surface area contributed by atoms with Crippen LogP contribution in [-0.4, -0.2) is 23.1 Å². The van der Waals surface area contributed by atoms with Crippen molar-refractivity contribution in [2.24, 2.45) is 5.92 Å². The van der Waals surface area contributed by atoms with E-state index in [1.807, 2.05) is 13.8 Å². The van der Waals surface area contributed by atoms with Crippen molar-refractivity contribution in [2.75, 3.05) is 5.32 Å². The van der Waals surface area contributed by atoms with Crippen LogP contribution in [0.4, 0.5) is 10.5 Å².